The lowest BCUT2D eigenvalue weighted by Crippen LogP contribution is -2.34. The predicted octanol–water partition coefficient (Wildman–Crippen LogP) is 5.41. The molecular formula is C28H26Cl2N2O5. The summed E-state index contributed by atoms with van der Waals surface area (Å²) in [5, 5.41) is 0.672. The van der Waals surface area contributed by atoms with Gasteiger partial charge in [0.05, 0.1) is 23.0 Å². The third-order valence-electron chi connectivity index (χ3n) is 5.60. The number of carbonyl (C=O) groups excluding carboxylic acids is 4. The van der Waals surface area contributed by atoms with Gasteiger partial charge in [-0.25, -0.2) is 4.79 Å². The number of rotatable bonds is 8. The minimum atomic E-state index is -1.12. The number of ketones is 1. The van der Waals surface area contributed by atoms with Gasteiger partial charge in [0.2, 0.25) is 11.7 Å². The van der Waals surface area contributed by atoms with Crippen molar-refractivity contribution < 1.29 is 23.9 Å². The zero-order valence-electron chi connectivity index (χ0n) is 20.9. The molecule has 3 rings (SSSR count). The number of ether oxygens (including phenoxy) is 1. The maximum Gasteiger partial charge on any atom is 0.380 e. The molecule has 192 valence electrons. The topological polar surface area (TPSA) is 84.0 Å². The molecule has 0 N–H and O–H groups in total. The number of hydrogen-bond donors (Lipinski definition) is 0. The monoisotopic (exact) mass is 540 g/mol. The van der Waals surface area contributed by atoms with E-state index >= 15 is 0 Å². The number of para-hydroxylation sites is 1. The second-order valence-corrected chi connectivity index (χ2v) is 9.50. The summed E-state index contributed by atoms with van der Waals surface area (Å²) in [7, 11) is 3.28. The molecule has 0 radical (unpaired) electrons. The Kier molecular flexibility index (Phi) is 9.08. The molecule has 3 aromatic rings. The highest BCUT2D eigenvalue weighted by atomic mass is 35.5. The maximum atomic E-state index is 13.3. The maximum absolute atomic E-state index is 13.3. The normalized spacial score (nSPS) is 10.5. The van der Waals surface area contributed by atoms with Crippen molar-refractivity contribution >= 4 is 52.5 Å². The number of esters is 1. The fourth-order valence-electron chi connectivity index (χ4n) is 3.60. The number of halogens is 2. The van der Waals surface area contributed by atoms with E-state index in [1.54, 1.807) is 82.5 Å². The van der Waals surface area contributed by atoms with E-state index in [0.29, 0.717) is 43.7 Å². The number of benzene rings is 3. The third-order valence-corrected chi connectivity index (χ3v) is 6.34. The van der Waals surface area contributed by atoms with Gasteiger partial charge in [-0.05, 0) is 66.9 Å². The fraction of sp³-hybridized carbons (Fsp3) is 0.214. The highest BCUT2D eigenvalue weighted by molar-refractivity contribution is 6.42. The van der Waals surface area contributed by atoms with Gasteiger partial charge in [0.25, 0.3) is 5.91 Å². The van der Waals surface area contributed by atoms with E-state index in [-0.39, 0.29) is 12.5 Å². The molecule has 0 unspecified atom stereocenters. The van der Waals surface area contributed by atoms with Crippen LogP contribution in [0.2, 0.25) is 10.0 Å². The second kappa shape index (κ2) is 12.0. The Hall–Kier alpha value is -3.68. The molecule has 0 bridgehead atoms. The van der Waals surface area contributed by atoms with Crippen molar-refractivity contribution in [2.75, 3.05) is 19.0 Å². The van der Waals surface area contributed by atoms with Gasteiger partial charge >= 0.3 is 5.97 Å². The van der Waals surface area contributed by atoms with Crippen molar-refractivity contribution in [1.82, 2.24) is 4.90 Å². The van der Waals surface area contributed by atoms with Crippen LogP contribution in [0.4, 0.5) is 5.69 Å². The lowest BCUT2D eigenvalue weighted by Gasteiger charge is -2.23. The summed E-state index contributed by atoms with van der Waals surface area (Å²) in [6.45, 7) is 3.57. The molecule has 0 aromatic heterocycles. The summed E-state index contributed by atoms with van der Waals surface area (Å²) in [4.78, 5) is 53.5. The number of carbonyl (C=O) groups is 4. The van der Waals surface area contributed by atoms with Gasteiger partial charge in [-0.2, -0.15) is 0 Å². The van der Waals surface area contributed by atoms with Crippen molar-refractivity contribution in [3.8, 4) is 5.75 Å². The van der Waals surface area contributed by atoms with Crippen LogP contribution in [0.15, 0.2) is 60.7 Å². The van der Waals surface area contributed by atoms with Crippen LogP contribution in [0, 0.1) is 13.8 Å². The van der Waals surface area contributed by atoms with Crippen molar-refractivity contribution in [2.24, 2.45) is 0 Å². The van der Waals surface area contributed by atoms with E-state index in [0.717, 1.165) is 0 Å². The average molecular weight is 541 g/mol. The van der Waals surface area contributed by atoms with Gasteiger partial charge in [0, 0.05) is 25.3 Å². The van der Waals surface area contributed by atoms with E-state index in [2.05, 4.69) is 0 Å². The Morgan fingerprint density at radius 3 is 2.03 bits per heavy atom. The zero-order chi connectivity index (χ0) is 27.3. The molecule has 0 saturated carbocycles. The van der Waals surface area contributed by atoms with Crippen molar-refractivity contribution in [3.63, 3.8) is 0 Å². The number of nitrogens with zero attached hydrogens (tertiary/aromatic N) is 2. The summed E-state index contributed by atoms with van der Waals surface area (Å²) in [5.74, 6) is -2.62. The van der Waals surface area contributed by atoms with Gasteiger partial charge in [0.15, 0.2) is 0 Å². The molecule has 0 heterocycles. The smallest absolute Gasteiger partial charge is 0.380 e. The molecule has 0 aliphatic rings. The van der Waals surface area contributed by atoms with Crippen LogP contribution >= 0.6 is 23.2 Å². The van der Waals surface area contributed by atoms with Crippen LogP contribution in [0.3, 0.4) is 0 Å². The first kappa shape index (κ1) is 27.9. The molecule has 9 heteroatoms. The van der Waals surface area contributed by atoms with Crippen LogP contribution in [0.1, 0.15) is 33.5 Å². The van der Waals surface area contributed by atoms with Crippen LogP contribution in [-0.4, -0.2) is 42.6 Å². The summed E-state index contributed by atoms with van der Waals surface area (Å²) in [6, 6.07) is 16.6. The van der Waals surface area contributed by atoms with E-state index in [9.17, 15) is 19.2 Å². The van der Waals surface area contributed by atoms with E-state index < -0.39 is 24.1 Å². The van der Waals surface area contributed by atoms with Gasteiger partial charge in [-0.1, -0.05) is 47.5 Å². The summed E-state index contributed by atoms with van der Waals surface area (Å²) < 4.78 is 5.30. The standard InChI is InChI=1S/C28H26Cl2N2O5/c1-17-6-5-7-18(2)26(17)37-28(36)24(33)15-25(34)32(16-19-8-13-22(29)23(30)14-19)21-11-9-20(10-12-21)27(35)31(3)4/h5-14H,15-16H2,1-4H3. The first-order chi connectivity index (χ1) is 17.5. The molecule has 2 amide bonds. The van der Waals surface area contributed by atoms with E-state index in [4.69, 9.17) is 27.9 Å². The van der Waals surface area contributed by atoms with Crippen LogP contribution in [0.5, 0.6) is 5.75 Å². The van der Waals surface area contributed by atoms with Crippen LogP contribution < -0.4 is 9.64 Å². The van der Waals surface area contributed by atoms with E-state index in [1.807, 2.05) is 6.07 Å². The molecule has 0 atom stereocenters. The first-order valence-corrected chi connectivity index (χ1v) is 12.1. The summed E-state index contributed by atoms with van der Waals surface area (Å²) in [6.07, 6.45) is -0.705. The lowest BCUT2D eigenvalue weighted by molar-refractivity contribution is -0.148. The predicted molar refractivity (Wildman–Crippen MR) is 143 cm³/mol. The molecule has 0 spiro atoms. The zero-order valence-corrected chi connectivity index (χ0v) is 22.4. The Morgan fingerprint density at radius 2 is 1.46 bits per heavy atom. The highest BCUT2D eigenvalue weighted by Gasteiger charge is 2.26. The molecule has 3 aromatic carbocycles. The molecular weight excluding hydrogens is 515 g/mol. The number of Topliss-reactive ketones (excluding diaryl/α,β-unsaturated/α-hetero) is 1. The van der Waals surface area contributed by atoms with Crippen LogP contribution in [-0.2, 0) is 20.9 Å². The molecule has 37 heavy (non-hydrogen) atoms. The largest absolute Gasteiger partial charge is 0.420 e. The molecule has 0 aliphatic carbocycles. The van der Waals surface area contributed by atoms with Gasteiger partial charge in [-0.15, -0.1) is 0 Å². The summed E-state index contributed by atoms with van der Waals surface area (Å²) >= 11 is 12.2. The lowest BCUT2D eigenvalue weighted by atomic mass is 10.1. The minimum absolute atomic E-state index is 0.0515. The minimum Gasteiger partial charge on any atom is -0.420 e. The van der Waals surface area contributed by atoms with E-state index in [1.165, 1.54) is 9.80 Å². The molecule has 7 nitrogen and oxygen atoms in total. The fourth-order valence-corrected chi connectivity index (χ4v) is 3.92. The molecule has 0 saturated heterocycles. The third kappa shape index (κ3) is 6.96. The molecule has 0 fully saturated rings. The Balaban J connectivity index is 1.85. The number of amides is 2. The SMILES string of the molecule is Cc1cccc(C)c1OC(=O)C(=O)CC(=O)N(Cc1ccc(Cl)c(Cl)c1)c1ccc(C(=O)N(C)C)cc1. The van der Waals surface area contributed by atoms with Gasteiger partial charge in [-0.3, -0.25) is 14.4 Å². The van der Waals surface area contributed by atoms with Crippen molar-refractivity contribution in [2.45, 2.75) is 26.8 Å². The number of anilines is 1. The van der Waals surface area contributed by atoms with Crippen molar-refractivity contribution in [3.05, 3.63) is 93.0 Å². The van der Waals surface area contributed by atoms with Gasteiger partial charge in [0.1, 0.15) is 5.75 Å². The van der Waals surface area contributed by atoms with Gasteiger partial charge < -0.3 is 14.5 Å². The first-order valence-electron chi connectivity index (χ1n) is 11.3. The quantitative estimate of drug-likeness (QED) is 0.165. The highest BCUT2D eigenvalue weighted by Crippen LogP contribution is 2.26. The Bertz CT molecular complexity index is 1330. The van der Waals surface area contributed by atoms with Crippen LogP contribution in [0.25, 0.3) is 0 Å². The van der Waals surface area contributed by atoms with Crippen molar-refractivity contribution in [1.29, 1.82) is 0 Å². The average Bonchev–Trinajstić information content (AvgIpc) is 2.86. The number of aryl methyl sites for hydroxylation is 2. The summed E-state index contributed by atoms with van der Waals surface area (Å²) in [5.41, 5.74) is 2.91. The second-order valence-electron chi connectivity index (χ2n) is 8.69. The molecule has 0 aliphatic heterocycles. The number of hydrogen-bond acceptors (Lipinski definition) is 5. The Labute approximate surface area is 225 Å². The Morgan fingerprint density at radius 1 is 0.838 bits per heavy atom.